The SMILES string of the molecule is C[C@@H](CC(=O)N1CCOCC1)[C@H]1CCCN1. The number of hydrogen-bond acceptors (Lipinski definition) is 3. The number of hydrogen-bond donors (Lipinski definition) is 1. The highest BCUT2D eigenvalue weighted by atomic mass is 16.5. The molecule has 1 N–H and O–H groups in total. The summed E-state index contributed by atoms with van der Waals surface area (Å²) in [5.74, 6) is 0.752. The largest absolute Gasteiger partial charge is 0.378 e. The quantitative estimate of drug-likeness (QED) is 0.767. The van der Waals surface area contributed by atoms with Crippen LogP contribution in [0.25, 0.3) is 0 Å². The van der Waals surface area contributed by atoms with E-state index in [9.17, 15) is 4.79 Å². The van der Waals surface area contributed by atoms with Crippen LogP contribution >= 0.6 is 0 Å². The molecule has 0 aromatic rings. The minimum Gasteiger partial charge on any atom is -0.378 e. The van der Waals surface area contributed by atoms with Gasteiger partial charge in [0.15, 0.2) is 0 Å². The molecule has 1 amide bonds. The first kappa shape index (κ1) is 11.9. The lowest BCUT2D eigenvalue weighted by molar-refractivity contribution is -0.136. The van der Waals surface area contributed by atoms with Gasteiger partial charge in [-0.1, -0.05) is 6.92 Å². The first-order chi connectivity index (χ1) is 7.77. The van der Waals surface area contributed by atoms with E-state index in [0.29, 0.717) is 37.5 Å². The van der Waals surface area contributed by atoms with Crippen molar-refractivity contribution < 1.29 is 9.53 Å². The molecule has 0 saturated carbocycles. The number of ether oxygens (including phenoxy) is 1. The summed E-state index contributed by atoms with van der Waals surface area (Å²) in [7, 11) is 0. The molecule has 0 radical (unpaired) electrons. The van der Waals surface area contributed by atoms with Crippen molar-refractivity contribution in [3.05, 3.63) is 0 Å². The lowest BCUT2D eigenvalue weighted by atomic mass is 9.96. The Morgan fingerprint density at radius 1 is 1.50 bits per heavy atom. The van der Waals surface area contributed by atoms with Gasteiger partial charge in [0.1, 0.15) is 0 Å². The fraction of sp³-hybridized carbons (Fsp3) is 0.917. The Hall–Kier alpha value is -0.610. The number of amides is 1. The molecule has 2 fully saturated rings. The second-order valence-corrected chi connectivity index (χ2v) is 4.88. The van der Waals surface area contributed by atoms with Crippen LogP contribution in [0.2, 0.25) is 0 Å². The summed E-state index contributed by atoms with van der Waals surface area (Å²) >= 11 is 0. The monoisotopic (exact) mass is 226 g/mol. The Bertz CT molecular complexity index is 233. The van der Waals surface area contributed by atoms with E-state index < -0.39 is 0 Å². The molecule has 0 aromatic heterocycles. The van der Waals surface area contributed by atoms with Crippen LogP contribution in [-0.4, -0.2) is 49.7 Å². The van der Waals surface area contributed by atoms with Crippen molar-refractivity contribution in [3.8, 4) is 0 Å². The summed E-state index contributed by atoms with van der Waals surface area (Å²) in [6, 6.07) is 0.546. The van der Waals surface area contributed by atoms with Crippen LogP contribution in [0, 0.1) is 5.92 Å². The van der Waals surface area contributed by atoms with Gasteiger partial charge in [-0.2, -0.15) is 0 Å². The maximum atomic E-state index is 12.0. The van der Waals surface area contributed by atoms with Gasteiger partial charge in [0.2, 0.25) is 5.91 Å². The number of morpholine rings is 1. The molecule has 16 heavy (non-hydrogen) atoms. The van der Waals surface area contributed by atoms with Crippen molar-refractivity contribution in [1.82, 2.24) is 10.2 Å². The zero-order chi connectivity index (χ0) is 11.4. The first-order valence-electron chi connectivity index (χ1n) is 6.36. The van der Waals surface area contributed by atoms with Gasteiger partial charge in [-0.05, 0) is 25.3 Å². The van der Waals surface area contributed by atoms with Gasteiger partial charge in [0.25, 0.3) is 0 Å². The Kier molecular flexibility index (Phi) is 4.18. The minimum atomic E-state index is 0.296. The van der Waals surface area contributed by atoms with Crippen LogP contribution in [0.1, 0.15) is 26.2 Å². The molecular weight excluding hydrogens is 204 g/mol. The maximum absolute atomic E-state index is 12.0. The molecule has 4 heteroatoms. The summed E-state index contributed by atoms with van der Waals surface area (Å²) in [5.41, 5.74) is 0. The minimum absolute atomic E-state index is 0.296. The van der Waals surface area contributed by atoms with E-state index in [4.69, 9.17) is 4.74 Å². The summed E-state index contributed by atoms with van der Waals surface area (Å²) in [6.45, 7) is 6.22. The second kappa shape index (κ2) is 5.64. The van der Waals surface area contributed by atoms with Crippen LogP contribution < -0.4 is 5.32 Å². The van der Waals surface area contributed by atoms with Crippen molar-refractivity contribution in [3.63, 3.8) is 0 Å². The molecule has 2 heterocycles. The van der Waals surface area contributed by atoms with E-state index in [1.54, 1.807) is 0 Å². The van der Waals surface area contributed by atoms with E-state index in [1.807, 2.05) is 4.90 Å². The predicted octanol–water partition coefficient (Wildman–Crippen LogP) is 0.623. The van der Waals surface area contributed by atoms with Gasteiger partial charge < -0.3 is 15.0 Å². The highest BCUT2D eigenvalue weighted by molar-refractivity contribution is 5.76. The Morgan fingerprint density at radius 2 is 2.25 bits per heavy atom. The molecule has 0 spiro atoms. The number of nitrogens with one attached hydrogen (secondary N) is 1. The van der Waals surface area contributed by atoms with Crippen LogP contribution in [0.3, 0.4) is 0 Å². The van der Waals surface area contributed by atoms with Crippen molar-refractivity contribution in [2.75, 3.05) is 32.8 Å². The lowest BCUT2D eigenvalue weighted by Gasteiger charge is -2.29. The maximum Gasteiger partial charge on any atom is 0.223 e. The van der Waals surface area contributed by atoms with Crippen molar-refractivity contribution >= 4 is 5.91 Å². The fourth-order valence-electron chi connectivity index (χ4n) is 2.56. The molecule has 0 aliphatic carbocycles. The summed E-state index contributed by atoms with van der Waals surface area (Å²) in [4.78, 5) is 13.9. The highest BCUT2D eigenvalue weighted by Crippen LogP contribution is 2.18. The van der Waals surface area contributed by atoms with Crippen LogP contribution in [0.4, 0.5) is 0 Å². The molecule has 0 bridgehead atoms. The van der Waals surface area contributed by atoms with E-state index in [-0.39, 0.29) is 0 Å². The Balaban J connectivity index is 1.76. The fourth-order valence-corrected chi connectivity index (χ4v) is 2.56. The number of carbonyl (C=O) groups is 1. The van der Waals surface area contributed by atoms with Gasteiger partial charge in [0.05, 0.1) is 13.2 Å². The van der Waals surface area contributed by atoms with E-state index in [0.717, 1.165) is 19.6 Å². The van der Waals surface area contributed by atoms with Crippen molar-refractivity contribution in [2.45, 2.75) is 32.2 Å². The molecule has 0 aromatic carbocycles. The number of nitrogens with zero attached hydrogens (tertiary/aromatic N) is 1. The number of carbonyl (C=O) groups excluding carboxylic acids is 1. The molecule has 2 saturated heterocycles. The van der Waals surface area contributed by atoms with E-state index in [1.165, 1.54) is 12.8 Å². The lowest BCUT2D eigenvalue weighted by Crippen LogP contribution is -2.42. The predicted molar refractivity (Wildman–Crippen MR) is 62.2 cm³/mol. The third-order valence-corrected chi connectivity index (χ3v) is 3.65. The average Bonchev–Trinajstić information content (AvgIpc) is 2.83. The first-order valence-corrected chi connectivity index (χ1v) is 6.36. The standard InChI is InChI=1S/C12H22N2O2/c1-10(11-3-2-4-13-11)9-12(15)14-5-7-16-8-6-14/h10-11,13H,2-9H2,1H3/t10-,11+/m0/s1. The second-order valence-electron chi connectivity index (χ2n) is 4.88. The van der Waals surface area contributed by atoms with Gasteiger partial charge in [-0.25, -0.2) is 0 Å². The summed E-state index contributed by atoms with van der Waals surface area (Å²) < 4.78 is 5.25. The smallest absolute Gasteiger partial charge is 0.223 e. The Labute approximate surface area is 97.3 Å². The molecule has 2 aliphatic rings. The van der Waals surface area contributed by atoms with Crippen LogP contribution in [0.15, 0.2) is 0 Å². The van der Waals surface area contributed by atoms with E-state index in [2.05, 4.69) is 12.2 Å². The van der Waals surface area contributed by atoms with Crippen LogP contribution in [0.5, 0.6) is 0 Å². The third kappa shape index (κ3) is 2.95. The molecule has 2 atom stereocenters. The normalized spacial score (nSPS) is 28.1. The Morgan fingerprint density at radius 3 is 2.88 bits per heavy atom. The summed E-state index contributed by atoms with van der Waals surface area (Å²) in [5, 5.41) is 3.47. The molecule has 92 valence electrons. The molecular formula is C12H22N2O2. The molecule has 4 nitrogen and oxygen atoms in total. The van der Waals surface area contributed by atoms with Gasteiger partial charge in [-0.15, -0.1) is 0 Å². The van der Waals surface area contributed by atoms with Crippen molar-refractivity contribution in [1.29, 1.82) is 0 Å². The van der Waals surface area contributed by atoms with E-state index >= 15 is 0 Å². The zero-order valence-electron chi connectivity index (χ0n) is 10.1. The number of rotatable bonds is 3. The van der Waals surface area contributed by atoms with Gasteiger partial charge in [0, 0.05) is 25.6 Å². The molecule has 2 aliphatic heterocycles. The molecule has 2 rings (SSSR count). The topological polar surface area (TPSA) is 41.6 Å². The van der Waals surface area contributed by atoms with Gasteiger partial charge >= 0.3 is 0 Å². The zero-order valence-corrected chi connectivity index (χ0v) is 10.1. The summed E-state index contributed by atoms with van der Waals surface area (Å²) in [6.07, 6.45) is 3.15. The van der Waals surface area contributed by atoms with Gasteiger partial charge in [-0.3, -0.25) is 4.79 Å². The average molecular weight is 226 g/mol. The molecule has 0 unspecified atom stereocenters. The van der Waals surface area contributed by atoms with Crippen molar-refractivity contribution in [2.24, 2.45) is 5.92 Å². The third-order valence-electron chi connectivity index (χ3n) is 3.65. The highest BCUT2D eigenvalue weighted by Gasteiger charge is 2.25. The van der Waals surface area contributed by atoms with Crippen LogP contribution in [-0.2, 0) is 9.53 Å².